The van der Waals surface area contributed by atoms with Crippen LogP contribution in [0.15, 0.2) is 81.9 Å². The monoisotopic (exact) mass is 630 g/mol. The van der Waals surface area contributed by atoms with Crippen LogP contribution in [-0.4, -0.2) is 40.5 Å². The second-order valence-electron chi connectivity index (χ2n) is 10.5. The third-order valence-corrected chi connectivity index (χ3v) is 8.95. The molecule has 1 heterocycles. The lowest BCUT2D eigenvalue weighted by Crippen LogP contribution is -2.40. The molecule has 0 aromatic heterocycles. The van der Waals surface area contributed by atoms with Gasteiger partial charge in [-0.15, -0.1) is 0 Å². The number of phenolic OH excluding ortho intramolecular Hbond substituents is 1. The Hall–Kier alpha value is -4.64. The van der Waals surface area contributed by atoms with Crippen LogP contribution in [0.1, 0.15) is 18.4 Å². The highest BCUT2D eigenvalue weighted by Crippen LogP contribution is 2.53. The summed E-state index contributed by atoms with van der Waals surface area (Å²) < 4.78 is 5.33. The molecular weight excluding hydrogens is 608 g/mol. The van der Waals surface area contributed by atoms with Crippen LogP contribution in [-0.2, 0) is 19.2 Å². The van der Waals surface area contributed by atoms with Gasteiger partial charge in [0.25, 0.3) is 5.69 Å². The fourth-order valence-electron chi connectivity index (χ4n) is 6.49. The first kappa shape index (κ1) is 27.5. The minimum atomic E-state index is -0.803. The molecule has 3 aliphatic carbocycles. The van der Waals surface area contributed by atoms with Gasteiger partial charge in [0, 0.05) is 35.3 Å². The van der Waals surface area contributed by atoms with Gasteiger partial charge in [0.1, 0.15) is 0 Å². The molecular formula is C31H23BrN2O8. The molecule has 0 bridgehead atoms. The molecule has 1 fully saturated rings. The Bertz CT molecular complexity index is 1740. The van der Waals surface area contributed by atoms with E-state index in [0.717, 1.165) is 10.5 Å². The molecule has 1 saturated heterocycles. The van der Waals surface area contributed by atoms with Crippen molar-refractivity contribution < 1.29 is 33.9 Å². The van der Waals surface area contributed by atoms with E-state index in [-0.39, 0.29) is 51.8 Å². The topological polar surface area (TPSA) is 144 Å². The van der Waals surface area contributed by atoms with Gasteiger partial charge >= 0.3 is 0 Å². The number of nitrogens with zero attached hydrogens (tertiary/aromatic N) is 2. The smallest absolute Gasteiger partial charge is 0.271 e. The summed E-state index contributed by atoms with van der Waals surface area (Å²) in [5, 5.41) is 21.3. The number of carbonyl (C=O) groups excluding carboxylic acids is 4. The van der Waals surface area contributed by atoms with E-state index in [9.17, 15) is 34.4 Å². The first-order valence-electron chi connectivity index (χ1n) is 13.2. The predicted molar refractivity (Wildman–Crippen MR) is 155 cm³/mol. The highest BCUT2D eigenvalue weighted by molar-refractivity contribution is 9.12. The number of anilines is 1. The van der Waals surface area contributed by atoms with Crippen LogP contribution in [0.25, 0.3) is 6.08 Å². The van der Waals surface area contributed by atoms with Crippen molar-refractivity contribution in [2.24, 2.45) is 23.7 Å². The van der Waals surface area contributed by atoms with Crippen molar-refractivity contribution in [3.63, 3.8) is 0 Å². The van der Waals surface area contributed by atoms with Gasteiger partial charge in [-0.05, 0) is 58.5 Å². The number of aromatic hydroxyl groups is 1. The average molecular weight is 631 g/mol. The van der Waals surface area contributed by atoms with Gasteiger partial charge in [0.2, 0.25) is 11.8 Å². The van der Waals surface area contributed by atoms with Crippen LogP contribution >= 0.6 is 15.9 Å². The Morgan fingerprint density at radius 2 is 1.88 bits per heavy atom. The summed E-state index contributed by atoms with van der Waals surface area (Å²) in [5.74, 6) is -4.04. The fourth-order valence-corrected chi connectivity index (χ4v) is 6.94. The largest absolute Gasteiger partial charge is 0.504 e. The number of carbonyl (C=O) groups is 4. The van der Waals surface area contributed by atoms with E-state index in [2.05, 4.69) is 15.9 Å². The lowest BCUT2D eigenvalue weighted by molar-refractivity contribution is -0.384. The normalized spacial score (nSPS) is 25.2. The number of Topliss-reactive ketones (excluding diaryl/α,β-unsaturated/α-hetero) is 1. The number of benzene rings is 2. The molecule has 212 valence electrons. The fraction of sp³-hybridized carbons (Fsp3) is 0.226. The van der Waals surface area contributed by atoms with E-state index in [1.165, 1.54) is 43.5 Å². The average Bonchev–Trinajstić information content (AvgIpc) is 3.24. The number of rotatable bonds is 5. The summed E-state index contributed by atoms with van der Waals surface area (Å²) in [6.45, 7) is 0. The summed E-state index contributed by atoms with van der Waals surface area (Å²) in [4.78, 5) is 65.8. The summed E-state index contributed by atoms with van der Waals surface area (Å²) in [6, 6.07) is 10.2. The molecule has 4 atom stereocenters. The molecule has 0 unspecified atom stereocenters. The van der Waals surface area contributed by atoms with Crippen molar-refractivity contribution in [3.05, 3.63) is 97.6 Å². The van der Waals surface area contributed by atoms with Crippen LogP contribution in [0.2, 0.25) is 0 Å². The molecule has 1 N–H and O–H groups in total. The number of allylic oxidation sites excluding steroid dienone is 7. The zero-order valence-corrected chi connectivity index (χ0v) is 23.7. The number of non-ortho nitro benzene ring substituents is 1. The van der Waals surface area contributed by atoms with Crippen molar-refractivity contribution in [1.82, 2.24) is 0 Å². The van der Waals surface area contributed by atoms with Gasteiger partial charge in [0.05, 0.1) is 34.0 Å². The number of methoxy groups -OCH3 is 1. The number of nitro groups is 1. The van der Waals surface area contributed by atoms with Gasteiger partial charge in [-0.2, -0.15) is 0 Å². The molecule has 42 heavy (non-hydrogen) atoms. The van der Waals surface area contributed by atoms with E-state index in [4.69, 9.17) is 4.74 Å². The highest BCUT2D eigenvalue weighted by Gasteiger charge is 2.56. The number of amides is 2. The molecule has 2 aromatic carbocycles. The first-order chi connectivity index (χ1) is 20.1. The second-order valence-corrected chi connectivity index (χ2v) is 11.4. The SMILES string of the molecule is COc1cc(C=C[C@H]2C3=CC[C@@H]4C(=O)N(c5cccc([N+](=O)[O-])c5)C(=O)[C@@H]4[C@@H]3CC3=C2C(=O)C=C(Br)C3=O)ccc1O. The molecule has 2 aromatic rings. The molecule has 2 amide bonds. The van der Waals surface area contributed by atoms with Crippen LogP contribution in [0.5, 0.6) is 11.5 Å². The number of hydrogen-bond acceptors (Lipinski definition) is 8. The molecule has 4 aliphatic rings. The lowest BCUT2D eigenvalue weighted by Gasteiger charge is -2.41. The van der Waals surface area contributed by atoms with E-state index in [1.807, 2.05) is 6.08 Å². The van der Waals surface area contributed by atoms with Crippen LogP contribution < -0.4 is 9.64 Å². The molecule has 0 saturated carbocycles. The molecule has 10 nitrogen and oxygen atoms in total. The van der Waals surface area contributed by atoms with E-state index >= 15 is 0 Å². The van der Waals surface area contributed by atoms with Gasteiger partial charge in [-0.1, -0.05) is 35.9 Å². The Balaban J connectivity index is 1.42. The molecule has 6 rings (SSSR count). The van der Waals surface area contributed by atoms with Gasteiger partial charge in [0.15, 0.2) is 23.1 Å². The zero-order valence-electron chi connectivity index (χ0n) is 22.2. The number of imide groups is 1. The number of nitro benzene ring substituents is 1. The maximum atomic E-state index is 13.9. The molecule has 0 radical (unpaired) electrons. The predicted octanol–water partition coefficient (Wildman–Crippen LogP) is 4.82. The second kappa shape index (κ2) is 10.3. The van der Waals surface area contributed by atoms with Crippen LogP contribution in [0.4, 0.5) is 11.4 Å². The number of phenols is 1. The summed E-state index contributed by atoms with van der Waals surface area (Å²) in [7, 11) is 1.43. The first-order valence-corrected chi connectivity index (χ1v) is 14.0. The van der Waals surface area contributed by atoms with Crippen molar-refractivity contribution in [1.29, 1.82) is 0 Å². The number of halogens is 1. The van der Waals surface area contributed by atoms with Crippen molar-refractivity contribution in [2.75, 3.05) is 12.0 Å². The molecule has 0 spiro atoms. The summed E-state index contributed by atoms with van der Waals surface area (Å²) >= 11 is 3.20. The standard InChI is InChI=1S/C31H23BrN2O8/c1-42-26-11-15(6-10-24(26)35)5-7-19-18-8-9-20-28(21(18)13-22-27(19)25(36)14-23(32)29(22)37)31(39)33(30(20)38)16-3-2-4-17(12-16)34(40)41/h2-8,10-12,14,19-21,28,35H,9,13H2,1H3/t19-,20-,21+,28-/m0/s1. The summed E-state index contributed by atoms with van der Waals surface area (Å²) in [5.41, 5.74) is 1.96. The van der Waals surface area contributed by atoms with Crippen LogP contribution in [0.3, 0.4) is 0 Å². The van der Waals surface area contributed by atoms with Gasteiger partial charge < -0.3 is 9.84 Å². The van der Waals surface area contributed by atoms with Crippen molar-refractivity contribution >= 4 is 56.8 Å². The lowest BCUT2D eigenvalue weighted by atomic mass is 9.61. The maximum absolute atomic E-state index is 13.9. The number of fused-ring (bicyclic) bond motifs is 3. The van der Waals surface area contributed by atoms with Gasteiger partial charge in [-0.25, -0.2) is 4.90 Å². The third-order valence-electron chi connectivity index (χ3n) is 8.36. The minimum Gasteiger partial charge on any atom is -0.504 e. The highest BCUT2D eigenvalue weighted by atomic mass is 79.9. The van der Waals surface area contributed by atoms with E-state index < -0.39 is 40.4 Å². The summed E-state index contributed by atoms with van der Waals surface area (Å²) in [6.07, 6.45) is 7.04. The Morgan fingerprint density at radius 3 is 2.62 bits per heavy atom. The minimum absolute atomic E-state index is 0.0286. The van der Waals surface area contributed by atoms with Crippen molar-refractivity contribution in [3.8, 4) is 11.5 Å². The Labute approximate surface area is 247 Å². The quantitative estimate of drug-likeness (QED) is 0.163. The zero-order chi connectivity index (χ0) is 29.9. The van der Waals surface area contributed by atoms with Gasteiger partial charge in [-0.3, -0.25) is 29.3 Å². The Morgan fingerprint density at radius 1 is 1.10 bits per heavy atom. The van der Waals surface area contributed by atoms with E-state index in [0.29, 0.717) is 16.7 Å². The maximum Gasteiger partial charge on any atom is 0.271 e. The molecule has 11 heteroatoms. The number of ether oxygens (including phenoxy) is 1. The third kappa shape index (κ3) is 4.32. The number of hydrogen-bond donors (Lipinski definition) is 1. The molecule has 1 aliphatic heterocycles. The Kier molecular flexibility index (Phi) is 6.77. The van der Waals surface area contributed by atoms with E-state index in [1.54, 1.807) is 24.3 Å². The number of ketones is 2. The van der Waals surface area contributed by atoms with Crippen molar-refractivity contribution in [2.45, 2.75) is 12.8 Å². The van der Waals surface area contributed by atoms with Crippen LogP contribution in [0, 0.1) is 33.8 Å².